The van der Waals surface area contributed by atoms with Crippen molar-refractivity contribution in [2.45, 2.75) is 25.9 Å². The third-order valence-electron chi connectivity index (χ3n) is 5.50. The monoisotopic (exact) mass is 481 g/mol. The Balaban J connectivity index is 1.61. The van der Waals surface area contributed by atoms with Crippen LogP contribution in [-0.2, 0) is 4.74 Å². The first-order valence-electron chi connectivity index (χ1n) is 10.9. The van der Waals surface area contributed by atoms with Crippen LogP contribution in [-0.4, -0.2) is 51.3 Å². The fourth-order valence-electron chi connectivity index (χ4n) is 3.64. The van der Waals surface area contributed by atoms with Gasteiger partial charge in [-0.1, -0.05) is 12.1 Å². The maximum absolute atomic E-state index is 14.3. The Labute approximate surface area is 200 Å². The van der Waals surface area contributed by atoms with Gasteiger partial charge in [0.1, 0.15) is 28.5 Å². The Hall–Kier alpha value is -4.25. The van der Waals surface area contributed by atoms with Crippen LogP contribution in [0.5, 0.6) is 5.75 Å². The molecule has 10 nitrogen and oxygen atoms in total. The highest BCUT2D eigenvalue weighted by atomic mass is 19.1. The van der Waals surface area contributed by atoms with Crippen molar-refractivity contribution in [2.75, 3.05) is 29.1 Å². The summed E-state index contributed by atoms with van der Waals surface area (Å²) in [6, 6.07) is 8.43. The zero-order valence-corrected chi connectivity index (χ0v) is 18.8. The molecule has 0 spiro atoms. The van der Waals surface area contributed by atoms with Gasteiger partial charge in [0.05, 0.1) is 11.8 Å². The molecule has 182 valence electrons. The number of nitrogens with one attached hydrogen (secondary N) is 3. The maximum Gasteiger partial charge on any atom is 0.339 e. The molecule has 11 heteroatoms. The van der Waals surface area contributed by atoms with Gasteiger partial charge >= 0.3 is 5.97 Å². The first-order chi connectivity index (χ1) is 16.8. The van der Waals surface area contributed by atoms with E-state index in [4.69, 9.17) is 4.74 Å². The lowest BCUT2D eigenvalue weighted by molar-refractivity contribution is 0.0693. The maximum atomic E-state index is 14.3. The fourth-order valence-corrected chi connectivity index (χ4v) is 3.64. The smallest absolute Gasteiger partial charge is 0.339 e. The van der Waals surface area contributed by atoms with Gasteiger partial charge in [-0.25, -0.2) is 14.2 Å². The molecule has 1 aliphatic rings. The van der Waals surface area contributed by atoms with E-state index in [1.54, 1.807) is 19.1 Å². The highest BCUT2D eigenvalue weighted by Crippen LogP contribution is 2.25. The number of amides is 1. The number of carbonyl (C=O) groups is 2. The van der Waals surface area contributed by atoms with Crippen LogP contribution in [0.3, 0.4) is 0 Å². The number of hydrogen-bond acceptors (Lipinski definition) is 8. The van der Waals surface area contributed by atoms with E-state index in [9.17, 15) is 24.2 Å². The lowest BCUT2D eigenvalue weighted by Gasteiger charge is -2.16. The summed E-state index contributed by atoms with van der Waals surface area (Å²) in [5, 5.41) is 27.5. The van der Waals surface area contributed by atoms with Crippen LogP contribution in [0.25, 0.3) is 0 Å². The Bertz CT molecular complexity index is 1240. The Morgan fingerprint density at radius 2 is 2.06 bits per heavy atom. The van der Waals surface area contributed by atoms with E-state index in [0.29, 0.717) is 24.4 Å². The number of carboxylic acid groups (broad SMARTS) is 1. The van der Waals surface area contributed by atoms with E-state index in [-0.39, 0.29) is 40.4 Å². The van der Waals surface area contributed by atoms with Gasteiger partial charge in [0, 0.05) is 25.0 Å². The van der Waals surface area contributed by atoms with Gasteiger partial charge in [-0.2, -0.15) is 4.98 Å². The standard InChI is InChI=1S/C24H24FN5O5/c1-13-4-2-6-18(25)20(13)29-22(32)17-12-27-24(30-21(17)26-11-15-5-3-9-35-15)28-14-7-8-19(31)16(10-14)23(33)34/h2,4,6-8,10,12,15,31H,3,5,9,11H2,1H3,(H,29,32)(H,33,34)(H2,26,27,28,30). The Morgan fingerprint density at radius 3 is 2.77 bits per heavy atom. The SMILES string of the molecule is Cc1cccc(F)c1NC(=O)c1cnc(Nc2ccc(O)c(C(=O)O)c2)nc1NCC1CCCO1. The number of anilines is 4. The van der Waals surface area contributed by atoms with Gasteiger partial charge in [0.25, 0.3) is 5.91 Å². The van der Waals surface area contributed by atoms with Crippen LogP contribution >= 0.6 is 0 Å². The zero-order valence-electron chi connectivity index (χ0n) is 18.8. The van der Waals surface area contributed by atoms with Crippen molar-refractivity contribution in [3.05, 3.63) is 65.1 Å². The average Bonchev–Trinajstić information content (AvgIpc) is 3.35. The van der Waals surface area contributed by atoms with E-state index in [2.05, 4.69) is 25.9 Å². The van der Waals surface area contributed by atoms with Gasteiger partial charge in [-0.05, 0) is 49.6 Å². The average molecular weight is 481 g/mol. The second-order valence-electron chi connectivity index (χ2n) is 8.02. The van der Waals surface area contributed by atoms with Crippen molar-refractivity contribution >= 4 is 35.0 Å². The molecule has 3 aromatic rings. The summed E-state index contributed by atoms with van der Waals surface area (Å²) in [6.07, 6.45) is 3.05. The van der Waals surface area contributed by atoms with Gasteiger partial charge < -0.3 is 30.9 Å². The minimum Gasteiger partial charge on any atom is -0.507 e. The third-order valence-corrected chi connectivity index (χ3v) is 5.50. The molecule has 1 aromatic heterocycles. The van der Waals surface area contributed by atoms with Crippen molar-refractivity contribution in [1.82, 2.24) is 9.97 Å². The van der Waals surface area contributed by atoms with Gasteiger partial charge in [0.2, 0.25) is 5.95 Å². The summed E-state index contributed by atoms with van der Waals surface area (Å²) in [5.41, 5.74) is 0.753. The molecule has 1 unspecified atom stereocenters. The van der Waals surface area contributed by atoms with Crippen LogP contribution in [0.1, 0.15) is 39.1 Å². The number of ether oxygens (including phenoxy) is 1. The number of aromatic carboxylic acids is 1. The number of nitrogens with zero attached hydrogens (tertiary/aromatic N) is 2. The van der Waals surface area contributed by atoms with E-state index >= 15 is 0 Å². The Kier molecular flexibility index (Phi) is 7.06. The number of aryl methyl sites for hydroxylation is 1. The van der Waals surface area contributed by atoms with E-state index in [1.807, 2.05) is 0 Å². The molecular formula is C24H24FN5O5. The number of para-hydroxylation sites is 1. The molecule has 5 N–H and O–H groups in total. The van der Waals surface area contributed by atoms with Crippen molar-refractivity contribution in [3.8, 4) is 5.75 Å². The summed E-state index contributed by atoms with van der Waals surface area (Å²) < 4.78 is 19.9. The Morgan fingerprint density at radius 1 is 1.23 bits per heavy atom. The second kappa shape index (κ2) is 10.3. The van der Waals surface area contributed by atoms with Gasteiger partial charge in [-0.3, -0.25) is 4.79 Å². The van der Waals surface area contributed by atoms with Crippen molar-refractivity contribution in [2.24, 2.45) is 0 Å². The van der Waals surface area contributed by atoms with Gasteiger partial charge in [-0.15, -0.1) is 0 Å². The second-order valence-corrected chi connectivity index (χ2v) is 8.02. The van der Waals surface area contributed by atoms with Crippen molar-refractivity contribution < 1.29 is 28.9 Å². The van der Waals surface area contributed by atoms with Crippen LogP contribution in [0.15, 0.2) is 42.6 Å². The van der Waals surface area contributed by atoms with Crippen LogP contribution in [0, 0.1) is 12.7 Å². The topological polar surface area (TPSA) is 146 Å². The van der Waals surface area contributed by atoms with Crippen molar-refractivity contribution in [3.63, 3.8) is 0 Å². The molecule has 1 saturated heterocycles. The summed E-state index contributed by atoms with van der Waals surface area (Å²) in [6.45, 7) is 2.75. The highest BCUT2D eigenvalue weighted by Gasteiger charge is 2.21. The number of carbonyl (C=O) groups excluding carboxylic acids is 1. The molecule has 1 atom stereocenters. The lowest BCUT2D eigenvalue weighted by atomic mass is 10.1. The van der Waals surface area contributed by atoms with E-state index in [0.717, 1.165) is 12.8 Å². The molecule has 0 saturated carbocycles. The summed E-state index contributed by atoms with van der Waals surface area (Å²) in [7, 11) is 0. The van der Waals surface area contributed by atoms with Crippen LogP contribution in [0.4, 0.5) is 27.5 Å². The minimum absolute atomic E-state index is 0.0404. The molecule has 0 bridgehead atoms. The number of benzene rings is 2. The number of hydrogen-bond donors (Lipinski definition) is 5. The molecular weight excluding hydrogens is 457 g/mol. The zero-order chi connectivity index (χ0) is 24.9. The third kappa shape index (κ3) is 5.64. The number of aromatic hydroxyl groups is 1. The summed E-state index contributed by atoms with van der Waals surface area (Å²) >= 11 is 0. The summed E-state index contributed by atoms with van der Waals surface area (Å²) in [4.78, 5) is 32.9. The lowest BCUT2D eigenvalue weighted by Crippen LogP contribution is -2.23. The molecule has 35 heavy (non-hydrogen) atoms. The molecule has 1 amide bonds. The molecule has 0 aliphatic carbocycles. The predicted octanol–water partition coefficient (Wildman–Crippen LogP) is 3.91. The van der Waals surface area contributed by atoms with Crippen LogP contribution in [0.2, 0.25) is 0 Å². The largest absolute Gasteiger partial charge is 0.507 e. The van der Waals surface area contributed by atoms with E-state index in [1.165, 1.54) is 30.5 Å². The molecule has 0 radical (unpaired) electrons. The molecule has 2 heterocycles. The first-order valence-corrected chi connectivity index (χ1v) is 10.9. The van der Waals surface area contributed by atoms with Gasteiger partial charge in [0.15, 0.2) is 0 Å². The minimum atomic E-state index is -1.29. The van der Waals surface area contributed by atoms with E-state index < -0.39 is 17.7 Å². The number of halogens is 1. The van der Waals surface area contributed by atoms with Crippen LogP contribution < -0.4 is 16.0 Å². The quantitative estimate of drug-likeness (QED) is 0.302. The van der Waals surface area contributed by atoms with Crippen molar-refractivity contribution in [1.29, 1.82) is 0 Å². The number of phenols is 1. The highest BCUT2D eigenvalue weighted by molar-refractivity contribution is 6.07. The summed E-state index contributed by atoms with van der Waals surface area (Å²) in [5.74, 6) is -2.55. The molecule has 2 aromatic carbocycles. The predicted molar refractivity (Wildman–Crippen MR) is 127 cm³/mol. The molecule has 4 rings (SSSR count). The first kappa shape index (κ1) is 23.9. The number of rotatable bonds is 8. The fraction of sp³-hybridized carbons (Fsp3) is 0.250. The number of carboxylic acids is 1. The molecule has 1 fully saturated rings. The normalized spacial score (nSPS) is 15.0. The number of aromatic nitrogens is 2. The molecule has 1 aliphatic heterocycles.